The molecule has 7 heteroatoms. The minimum atomic E-state index is -1.68. The number of carboxylic acids is 1. The van der Waals surface area contributed by atoms with Crippen molar-refractivity contribution in [3.05, 3.63) is 35.4 Å². The van der Waals surface area contributed by atoms with Crippen LogP contribution < -0.4 is 0 Å². The van der Waals surface area contributed by atoms with Gasteiger partial charge in [0.25, 0.3) is 0 Å². The van der Waals surface area contributed by atoms with Gasteiger partial charge >= 0.3 is 12.1 Å². The largest absolute Gasteiger partial charge is 0.479 e. The van der Waals surface area contributed by atoms with Gasteiger partial charge in [-0.25, -0.2) is 18.4 Å². The number of ether oxygens (including phenoxy) is 1. The van der Waals surface area contributed by atoms with Gasteiger partial charge in [-0.3, -0.25) is 4.90 Å². The van der Waals surface area contributed by atoms with Crippen LogP contribution in [0.25, 0.3) is 0 Å². The molecule has 1 aromatic rings. The van der Waals surface area contributed by atoms with E-state index in [1.807, 2.05) is 0 Å². The van der Waals surface area contributed by atoms with Gasteiger partial charge in [0, 0.05) is 12.6 Å². The minimum absolute atomic E-state index is 0.448. The number of carbonyl (C=O) groups excluding carboxylic acids is 1. The Hall–Kier alpha value is -2.18. The molecule has 1 atom stereocenters. The summed E-state index contributed by atoms with van der Waals surface area (Å²) in [4.78, 5) is 23.9. The molecule has 0 radical (unpaired) electrons. The molecule has 0 bridgehead atoms. The van der Waals surface area contributed by atoms with Crippen LogP contribution in [0.3, 0.4) is 0 Å². The van der Waals surface area contributed by atoms with E-state index in [0.717, 1.165) is 19.2 Å². The number of hydrogen-bond donors (Lipinski definition) is 1. The molecule has 0 aliphatic carbocycles. The van der Waals surface area contributed by atoms with Crippen LogP contribution in [0.4, 0.5) is 13.6 Å². The predicted octanol–water partition coefficient (Wildman–Crippen LogP) is 2.96. The van der Waals surface area contributed by atoms with Gasteiger partial charge in [0.05, 0.1) is 0 Å². The molecule has 0 fully saturated rings. The molecule has 116 valence electrons. The number of carbonyl (C=O) groups is 2. The van der Waals surface area contributed by atoms with Crippen LogP contribution in [-0.2, 0) is 9.53 Å². The van der Waals surface area contributed by atoms with Gasteiger partial charge < -0.3 is 9.84 Å². The van der Waals surface area contributed by atoms with Crippen LogP contribution in [-0.4, -0.2) is 34.7 Å². The number of rotatable bonds is 3. The van der Waals surface area contributed by atoms with E-state index >= 15 is 0 Å². The third kappa shape index (κ3) is 4.14. The fourth-order valence-corrected chi connectivity index (χ4v) is 1.68. The zero-order chi connectivity index (χ0) is 16.4. The number of likely N-dealkylation sites (N-methyl/N-ethyl adjacent to an activating group) is 1. The Morgan fingerprint density at radius 3 is 2.33 bits per heavy atom. The number of halogens is 2. The lowest BCUT2D eigenvalue weighted by Gasteiger charge is -2.28. The average Bonchev–Trinajstić information content (AvgIpc) is 2.32. The van der Waals surface area contributed by atoms with Gasteiger partial charge in [-0.05, 0) is 26.8 Å². The molecule has 0 heterocycles. The highest BCUT2D eigenvalue weighted by Gasteiger charge is 2.33. The number of amides is 1. The van der Waals surface area contributed by atoms with Crippen LogP contribution in [0.5, 0.6) is 0 Å². The topological polar surface area (TPSA) is 66.8 Å². The molecule has 0 spiro atoms. The molecular formula is C14H17F2NO4. The number of hydrogen-bond acceptors (Lipinski definition) is 3. The predicted molar refractivity (Wildman–Crippen MR) is 70.7 cm³/mol. The van der Waals surface area contributed by atoms with E-state index in [9.17, 15) is 23.5 Å². The maximum absolute atomic E-state index is 13.8. The van der Waals surface area contributed by atoms with Gasteiger partial charge in [0.15, 0.2) is 17.7 Å². The van der Waals surface area contributed by atoms with Crippen molar-refractivity contribution in [3.8, 4) is 0 Å². The Morgan fingerprint density at radius 1 is 1.29 bits per heavy atom. The van der Waals surface area contributed by atoms with Crippen LogP contribution >= 0.6 is 0 Å². The Bertz CT molecular complexity index is 554. The molecule has 0 saturated carbocycles. The zero-order valence-electron chi connectivity index (χ0n) is 12.2. The summed E-state index contributed by atoms with van der Waals surface area (Å²) < 4.78 is 32.0. The number of aliphatic carboxylic acids is 1. The quantitative estimate of drug-likeness (QED) is 0.932. The second-order valence-corrected chi connectivity index (χ2v) is 5.48. The molecule has 5 nitrogen and oxygen atoms in total. The first-order valence-electron chi connectivity index (χ1n) is 6.17. The summed E-state index contributed by atoms with van der Waals surface area (Å²) in [6, 6.07) is 1.46. The lowest BCUT2D eigenvalue weighted by molar-refractivity contribution is -0.143. The summed E-state index contributed by atoms with van der Waals surface area (Å²) in [5.74, 6) is -3.98. The van der Waals surface area contributed by atoms with Gasteiger partial charge in [0.2, 0.25) is 0 Å². The molecular weight excluding hydrogens is 284 g/mol. The van der Waals surface area contributed by atoms with E-state index in [1.165, 1.54) is 6.07 Å². The van der Waals surface area contributed by atoms with E-state index < -0.39 is 40.9 Å². The molecule has 1 aromatic carbocycles. The van der Waals surface area contributed by atoms with Gasteiger partial charge in [-0.2, -0.15) is 0 Å². The zero-order valence-corrected chi connectivity index (χ0v) is 12.2. The highest BCUT2D eigenvalue weighted by molar-refractivity contribution is 5.81. The monoisotopic (exact) mass is 301 g/mol. The Balaban J connectivity index is 3.16. The maximum Gasteiger partial charge on any atom is 0.411 e. The third-order valence-corrected chi connectivity index (χ3v) is 2.58. The van der Waals surface area contributed by atoms with Crippen LogP contribution in [0, 0.1) is 11.6 Å². The van der Waals surface area contributed by atoms with E-state index in [1.54, 1.807) is 20.8 Å². The fourth-order valence-electron chi connectivity index (χ4n) is 1.68. The molecule has 21 heavy (non-hydrogen) atoms. The molecule has 1 unspecified atom stereocenters. The number of nitrogens with zero attached hydrogens (tertiary/aromatic N) is 1. The summed E-state index contributed by atoms with van der Waals surface area (Å²) in [5.41, 5.74) is -1.29. The van der Waals surface area contributed by atoms with Gasteiger partial charge in [0.1, 0.15) is 5.60 Å². The normalized spacial score (nSPS) is 12.7. The first-order valence-corrected chi connectivity index (χ1v) is 6.17. The molecule has 0 aliphatic rings. The van der Waals surface area contributed by atoms with Crippen LogP contribution in [0.2, 0.25) is 0 Å². The maximum atomic E-state index is 13.8. The van der Waals surface area contributed by atoms with Crippen molar-refractivity contribution >= 4 is 12.1 Å². The molecule has 1 rings (SSSR count). The molecule has 0 aromatic heterocycles. The number of benzene rings is 1. The molecule has 0 saturated heterocycles. The van der Waals surface area contributed by atoms with Crippen molar-refractivity contribution in [1.82, 2.24) is 4.90 Å². The summed E-state index contributed by atoms with van der Waals surface area (Å²) in [6.45, 7) is 4.83. The third-order valence-electron chi connectivity index (χ3n) is 2.58. The lowest BCUT2D eigenvalue weighted by atomic mass is 10.1. The van der Waals surface area contributed by atoms with Crippen molar-refractivity contribution in [2.75, 3.05) is 7.05 Å². The van der Waals surface area contributed by atoms with Crippen molar-refractivity contribution in [3.63, 3.8) is 0 Å². The highest BCUT2D eigenvalue weighted by atomic mass is 19.2. The van der Waals surface area contributed by atoms with Gasteiger partial charge in [-0.15, -0.1) is 0 Å². The van der Waals surface area contributed by atoms with Crippen molar-refractivity contribution < 1.29 is 28.2 Å². The molecule has 1 amide bonds. The lowest BCUT2D eigenvalue weighted by Crippen LogP contribution is -2.40. The molecule has 1 N–H and O–H groups in total. The Labute approximate surface area is 121 Å². The Morgan fingerprint density at radius 2 is 1.86 bits per heavy atom. The summed E-state index contributed by atoms with van der Waals surface area (Å²) in [7, 11) is 1.15. The minimum Gasteiger partial charge on any atom is -0.479 e. The fraction of sp³-hybridized carbons (Fsp3) is 0.429. The van der Waals surface area contributed by atoms with E-state index in [0.29, 0.717) is 4.90 Å². The molecule has 0 aliphatic heterocycles. The van der Waals surface area contributed by atoms with E-state index in [-0.39, 0.29) is 0 Å². The van der Waals surface area contributed by atoms with Crippen LogP contribution in [0.15, 0.2) is 18.2 Å². The van der Waals surface area contributed by atoms with E-state index in [2.05, 4.69) is 0 Å². The summed E-state index contributed by atoms with van der Waals surface area (Å²) >= 11 is 0. The van der Waals surface area contributed by atoms with E-state index in [4.69, 9.17) is 4.74 Å². The summed E-state index contributed by atoms with van der Waals surface area (Å²) in [6.07, 6.45) is -0.946. The SMILES string of the molecule is CN(C(=O)OC(C)(C)C)C(C(=O)O)c1cccc(F)c1F. The highest BCUT2D eigenvalue weighted by Crippen LogP contribution is 2.25. The first-order chi connectivity index (χ1) is 9.54. The smallest absolute Gasteiger partial charge is 0.411 e. The first kappa shape index (κ1) is 16.9. The standard InChI is InChI=1S/C14H17F2NO4/c1-14(2,3)21-13(20)17(4)11(12(18)19)8-6-5-7-9(15)10(8)16/h5-7,11H,1-4H3,(H,18,19). The number of carboxylic acid groups (broad SMARTS) is 1. The van der Waals surface area contributed by atoms with Crippen molar-refractivity contribution in [1.29, 1.82) is 0 Å². The second kappa shape index (κ2) is 6.07. The van der Waals surface area contributed by atoms with Crippen molar-refractivity contribution in [2.45, 2.75) is 32.4 Å². The van der Waals surface area contributed by atoms with Crippen LogP contribution in [0.1, 0.15) is 32.4 Å². The average molecular weight is 301 g/mol. The van der Waals surface area contributed by atoms with Crippen molar-refractivity contribution in [2.24, 2.45) is 0 Å². The Kier molecular flexibility index (Phi) is 4.88. The van der Waals surface area contributed by atoms with Gasteiger partial charge in [-0.1, -0.05) is 12.1 Å². The second-order valence-electron chi connectivity index (χ2n) is 5.48. The summed E-state index contributed by atoms with van der Waals surface area (Å²) in [5, 5.41) is 9.22.